The van der Waals surface area contributed by atoms with Gasteiger partial charge in [0.1, 0.15) is 23.1 Å². The molecule has 1 aromatic heterocycles. The lowest BCUT2D eigenvalue weighted by Gasteiger charge is -2.21. The summed E-state index contributed by atoms with van der Waals surface area (Å²) in [7, 11) is -3.77. The third-order valence-corrected chi connectivity index (χ3v) is 7.87. The SMILES string of the molecule is Cc1c(C(=O)N2CCOc3ccc(-c4ccc5nc(C(=O)NC(C)C)[nH]c5c4)cc3C2)ccc(S(C)(=O)=O)c1F. The molecule has 0 bridgehead atoms. The van der Waals surface area contributed by atoms with E-state index in [-0.39, 0.29) is 48.6 Å². The van der Waals surface area contributed by atoms with Gasteiger partial charge >= 0.3 is 0 Å². The molecule has 5 rings (SSSR count). The second-order valence-corrected chi connectivity index (χ2v) is 12.1. The number of nitrogens with zero attached hydrogens (tertiary/aromatic N) is 2. The summed E-state index contributed by atoms with van der Waals surface area (Å²) in [6.07, 6.45) is 0.930. The molecule has 0 atom stereocenters. The van der Waals surface area contributed by atoms with Crippen molar-refractivity contribution in [3.63, 3.8) is 0 Å². The summed E-state index contributed by atoms with van der Waals surface area (Å²) < 4.78 is 44.5. The Morgan fingerprint density at radius 2 is 1.82 bits per heavy atom. The van der Waals surface area contributed by atoms with Gasteiger partial charge < -0.3 is 19.9 Å². The number of hydrogen-bond acceptors (Lipinski definition) is 6. The van der Waals surface area contributed by atoms with E-state index in [1.807, 2.05) is 50.2 Å². The third kappa shape index (κ3) is 5.29. The smallest absolute Gasteiger partial charge is 0.287 e. The summed E-state index contributed by atoms with van der Waals surface area (Å²) in [5.74, 6) is -0.724. The molecule has 4 aromatic rings. The average Bonchev–Trinajstić information content (AvgIpc) is 3.21. The zero-order chi connectivity index (χ0) is 28.8. The van der Waals surface area contributed by atoms with Gasteiger partial charge in [-0.1, -0.05) is 12.1 Å². The maximum Gasteiger partial charge on any atom is 0.287 e. The molecule has 0 saturated carbocycles. The number of amides is 2. The molecule has 0 radical (unpaired) electrons. The van der Waals surface area contributed by atoms with Gasteiger partial charge in [0, 0.05) is 30.0 Å². The molecular weight excluding hydrogens is 535 g/mol. The fraction of sp³-hybridized carbons (Fsp3) is 0.276. The molecule has 2 heterocycles. The zero-order valence-corrected chi connectivity index (χ0v) is 23.4. The number of aromatic nitrogens is 2. The van der Waals surface area contributed by atoms with Crippen LogP contribution in [0.5, 0.6) is 5.75 Å². The van der Waals surface area contributed by atoms with Crippen LogP contribution in [0.25, 0.3) is 22.2 Å². The minimum absolute atomic E-state index is 0.0126. The van der Waals surface area contributed by atoms with Crippen molar-refractivity contribution in [2.75, 3.05) is 19.4 Å². The minimum atomic E-state index is -3.77. The molecule has 9 nitrogen and oxygen atoms in total. The molecule has 0 spiro atoms. The Morgan fingerprint density at radius 3 is 2.55 bits per heavy atom. The molecule has 0 unspecified atom stereocenters. The van der Waals surface area contributed by atoms with Crippen LogP contribution in [0.15, 0.2) is 53.4 Å². The van der Waals surface area contributed by atoms with E-state index in [9.17, 15) is 22.4 Å². The number of ether oxygens (including phenoxy) is 1. The lowest BCUT2D eigenvalue weighted by atomic mass is 10.0. The summed E-state index contributed by atoms with van der Waals surface area (Å²) in [5.41, 5.74) is 4.00. The summed E-state index contributed by atoms with van der Waals surface area (Å²) in [6.45, 7) is 5.91. The van der Waals surface area contributed by atoms with E-state index in [1.165, 1.54) is 13.0 Å². The van der Waals surface area contributed by atoms with Crippen molar-refractivity contribution >= 4 is 32.7 Å². The number of nitrogens with one attached hydrogen (secondary N) is 2. The molecule has 2 N–H and O–H groups in total. The molecular formula is C29H29FN4O5S. The molecule has 0 aliphatic carbocycles. The van der Waals surface area contributed by atoms with Crippen LogP contribution in [0.4, 0.5) is 4.39 Å². The fourth-order valence-electron chi connectivity index (χ4n) is 4.72. The van der Waals surface area contributed by atoms with Crippen LogP contribution in [0.1, 0.15) is 46.0 Å². The fourth-order valence-corrected chi connectivity index (χ4v) is 5.52. The maximum atomic E-state index is 14.9. The van der Waals surface area contributed by atoms with Gasteiger partial charge in [-0.05, 0) is 73.9 Å². The van der Waals surface area contributed by atoms with E-state index in [2.05, 4.69) is 15.3 Å². The molecule has 1 aliphatic heterocycles. The van der Waals surface area contributed by atoms with Crippen molar-refractivity contribution in [2.45, 2.75) is 38.3 Å². The molecule has 11 heteroatoms. The first-order chi connectivity index (χ1) is 18.9. The number of benzene rings is 3. The van der Waals surface area contributed by atoms with Crippen molar-refractivity contribution < 1.29 is 27.1 Å². The first-order valence-corrected chi connectivity index (χ1v) is 14.7. The van der Waals surface area contributed by atoms with Crippen LogP contribution in [0, 0.1) is 12.7 Å². The van der Waals surface area contributed by atoms with Crippen molar-refractivity contribution in [3.8, 4) is 16.9 Å². The van der Waals surface area contributed by atoms with E-state index in [0.29, 0.717) is 16.8 Å². The van der Waals surface area contributed by atoms with Gasteiger partial charge in [0.15, 0.2) is 15.7 Å². The number of sulfone groups is 1. The van der Waals surface area contributed by atoms with Crippen molar-refractivity contribution in [1.82, 2.24) is 20.2 Å². The van der Waals surface area contributed by atoms with E-state index in [1.54, 1.807) is 4.90 Å². The minimum Gasteiger partial charge on any atom is -0.491 e. The Hall–Kier alpha value is -4.25. The van der Waals surface area contributed by atoms with Crippen molar-refractivity contribution in [3.05, 3.63) is 76.9 Å². The van der Waals surface area contributed by atoms with Gasteiger partial charge in [-0.3, -0.25) is 9.59 Å². The third-order valence-electron chi connectivity index (χ3n) is 6.76. The molecule has 0 saturated heterocycles. The lowest BCUT2D eigenvalue weighted by molar-refractivity contribution is 0.0731. The van der Waals surface area contributed by atoms with Crippen LogP contribution in [-0.2, 0) is 16.4 Å². The number of aromatic amines is 1. The Kier molecular flexibility index (Phi) is 7.09. The van der Waals surface area contributed by atoms with Crippen molar-refractivity contribution in [1.29, 1.82) is 0 Å². The zero-order valence-electron chi connectivity index (χ0n) is 22.5. The molecule has 2 amide bonds. The van der Waals surface area contributed by atoms with Crippen LogP contribution < -0.4 is 10.1 Å². The quantitative estimate of drug-likeness (QED) is 0.374. The highest BCUT2D eigenvalue weighted by atomic mass is 32.2. The van der Waals surface area contributed by atoms with Gasteiger partial charge in [0.25, 0.3) is 11.8 Å². The van der Waals surface area contributed by atoms with Gasteiger partial charge in [-0.25, -0.2) is 17.8 Å². The number of fused-ring (bicyclic) bond motifs is 2. The number of carbonyl (C=O) groups is 2. The van der Waals surface area contributed by atoms with E-state index in [4.69, 9.17) is 4.74 Å². The highest BCUT2D eigenvalue weighted by molar-refractivity contribution is 7.90. The number of imidazole rings is 1. The lowest BCUT2D eigenvalue weighted by Crippen LogP contribution is -2.33. The number of H-pyrrole nitrogens is 1. The monoisotopic (exact) mass is 564 g/mol. The predicted molar refractivity (Wildman–Crippen MR) is 149 cm³/mol. The van der Waals surface area contributed by atoms with Crippen LogP contribution in [0.3, 0.4) is 0 Å². The Bertz CT molecular complexity index is 1760. The molecule has 40 heavy (non-hydrogen) atoms. The van der Waals surface area contributed by atoms with Crippen LogP contribution >= 0.6 is 0 Å². The Labute approximate surface area is 231 Å². The first-order valence-electron chi connectivity index (χ1n) is 12.8. The summed E-state index contributed by atoms with van der Waals surface area (Å²) in [5, 5.41) is 2.82. The first kappa shape index (κ1) is 27.3. The second kappa shape index (κ2) is 10.4. The Morgan fingerprint density at radius 1 is 1.10 bits per heavy atom. The standard InChI is InChI=1S/C29H29FN4O5S/c1-16(2)31-28(35)27-32-22-8-5-19(14-23(22)33-27)18-6-9-24-20(13-18)15-34(11-12-39-24)29(36)21-7-10-25(40(4,37)38)26(30)17(21)3/h5-10,13-14,16H,11-12,15H2,1-4H3,(H,31,35)(H,32,33). The highest BCUT2D eigenvalue weighted by Crippen LogP contribution is 2.32. The van der Waals surface area contributed by atoms with Gasteiger partial charge in [0.2, 0.25) is 0 Å². The summed E-state index contributed by atoms with van der Waals surface area (Å²) >= 11 is 0. The van der Waals surface area contributed by atoms with Crippen LogP contribution in [-0.4, -0.2) is 60.5 Å². The normalized spacial score (nSPS) is 13.6. The van der Waals surface area contributed by atoms with Gasteiger partial charge in [0.05, 0.1) is 17.6 Å². The van der Waals surface area contributed by atoms with Gasteiger partial charge in [-0.15, -0.1) is 0 Å². The largest absolute Gasteiger partial charge is 0.491 e. The van der Waals surface area contributed by atoms with Gasteiger partial charge in [-0.2, -0.15) is 0 Å². The van der Waals surface area contributed by atoms with Crippen molar-refractivity contribution in [2.24, 2.45) is 0 Å². The van der Waals surface area contributed by atoms with E-state index >= 15 is 0 Å². The summed E-state index contributed by atoms with van der Waals surface area (Å²) in [4.78, 5) is 34.4. The highest BCUT2D eigenvalue weighted by Gasteiger charge is 2.26. The van der Waals surface area contributed by atoms with E-state index < -0.39 is 26.5 Å². The second-order valence-electron chi connectivity index (χ2n) is 10.2. The number of carbonyl (C=O) groups excluding carboxylic acids is 2. The summed E-state index contributed by atoms with van der Waals surface area (Å²) in [6, 6.07) is 13.8. The number of hydrogen-bond donors (Lipinski definition) is 2. The van der Waals surface area contributed by atoms with Crippen LogP contribution in [0.2, 0.25) is 0 Å². The van der Waals surface area contributed by atoms with E-state index in [0.717, 1.165) is 29.0 Å². The number of rotatable bonds is 5. The average molecular weight is 565 g/mol. The number of halogens is 1. The Balaban J connectivity index is 1.43. The molecule has 0 fully saturated rings. The molecule has 1 aliphatic rings. The molecule has 3 aromatic carbocycles. The maximum absolute atomic E-state index is 14.9. The topological polar surface area (TPSA) is 121 Å². The molecule has 208 valence electrons. The predicted octanol–water partition coefficient (Wildman–Crippen LogP) is 4.25.